The van der Waals surface area contributed by atoms with Crippen LogP contribution in [0.4, 0.5) is 15.8 Å². The molecule has 0 aliphatic rings. The second-order valence-electron chi connectivity index (χ2n) is 4.76. The Morgan fingerprint density at radius 2 is 1.95 bits per heavy atom. The number of aromatic nitrogens is 1. The normalized spacial score (nSPS) is 10.7. The number of amides is 1. The molecule has 0 fully saturated rings. The van der Waals surface area contributed by atoms with Crippen molar-refractivity contribution in [2.45, 2.75) is 6.54 Å². The van der Waals surface area contributed by atoms with Gasteiger partial charge in [-0.05, 0) is 24.3 Å². The summed E-state index contributed by atoms with van der Waals surface area (Å²) in [5.74, 6) is -0.761. The number of anilines is 2. The van der Waals surface area contributed by atoms with Gasteiger partial charge in [-0.3, -0.25) is 4.79 Å². The molecule has 0 aliphatic carbocycles. The van der Waals surface area contributed by atoms with Crippen molar-refractivity contribution in [2.75, 3.05) is 11.1 Å². The summed E-state index contributed by atoms with van der Waals surface area (Å²) >= 11 is 0. The molecule has 5 heteroatoms. The number of nitrogens with two attached hydrogens (primary N) is 1. The van der Waals surface area contributed by atoms with E-state index in [0.29, 0.717) is 5.69 Å². The van der Waals surface area contributed by atoms with Gasteiger partial charge in [-0.25, -0.2) is 4.39 Å². The van der Waals surface area contributed by atoms with Crippen molar-refractivity contribution in [1.82, 2.24) is 4.57 Å². The van der Waals surface area contributed by atoms with Crippen LogP contribution in [0, 0.1) is 5.82 Å². The summed E-state index contributed by atoms with van der Waals surface area (Å²) in [5, 5.41) is 3.52. The Balaban J connectivity index is 1.83. The zero-order valence-electron chi connectivity index (χ0n) is 11.2. The lowest BCUT2D eigenvalue weighted by Gasteiger charge is -2.09. The average molecular weight is 283 g/mol. The number of fused-ring (bicyclic) bond motifs is 1. The van der Waals surface area contributed by atoms with Gasteiger partial charge in [0.15, 0.2) is 0 Å². The van der Waals surface area contributed by atoms with Gasteiger partial charge in [-0.15, -0.1) is 0 Å². The molecule has 0 saturated heterocycles. The van der Waals surface area contributed by atoms with Crippen LogP contribution < -0.4 is 11.1 Å². The smallest absolute Gasteiger partial charge is 0.244 e. The number of nitrogens with one attached hydrogen (secondary N) is 1. The molecular weight excluding hydrogens is 269 g/mol. The number of nitrogen functional groups attached to an aromatic ring is 1. The molecule has 3 aromatic rings. The Morgan fingerprint density at radius 3 is 2.76 bits per heavy atom. The number of carbonyl (C=O) groups excluding carboxylic acids is 1. The zero-order chi connectivity index (χ0) is 14.8. The molecule has 0 unspecified atom stereocenters. The molecule has 21 heavy (non-hydrogen) atoms. The molecule has 0 bridgehead atoms. The van der Waals surface area contributed by atoms with Crippen LogP contribution >= 0.6 is 0 Å². The number of carbonyl (C=O) groups is 1. The van der Waals surface area contributed by atoms with Crippen LogP contribution in [0.5, 0.6) is 0 Å². The molecule has 2 aromatic carbocycles. The van der Waals surface area contributed by atoms with Gasteiger partial charge in [0.25, 0.3) is 0 Å². The number of rotatable bonds is 3. The first-order valence-electron chi connectivity index (χ1n) is 6.53. The lowest BCUT2D eigenvalue weighted by Crippen LogP contribution is -2.19. The lowest BCUT2D eigenvalue weighted by atomic mass is 10.2. The molecule has 0 radical (unpaired) electrons. The summed E-state index contributed by atoms with van der Waals surface area (Å²) in [4.78, 5) is 12.0. The maximum Gasteiger partial charge on any atom is 0.244 e. The number of hydrogen-bond donors (Lipinski definition) is 2. The van der Waals surface area contributed by atoms with Crippen molar-refractivity contribution in [3.05, 3.63) is 60.5 Å². The van der Waals surface area contributed by atoms with E-state index in [0.717, 1.165) is 10.9 Å². The number of hydrogen-bond acceptors (Lipinski definition) is 2. The molecule has 4 nitrogen and oxygen atoms in total. The second kappa shape index (κ2) is 5.28. The van der Waals surface area contributed by atoms with Crippen LogP contribution in [0.15, 0.2) is 54.7 Å². The standard InChI is InChI=1S/C16H14FN3O/c17-12-5-1-2-7-14(12)19-15(21)10-20-9-8-11-4-3-6-13(18)16(11)20/h1-9H,10,18H2,(H,19,21). The minimum Gasteiger partial charge on any atom is -0.397 e. The van der Waals surface area contributed by atoms with Crippen LogP contribution in [0.1, 0.15) is 0 Å². The summed E-state index contributed by atoms with van der Waals surface area (Å²) in [5.41, 5.74) is 7.53. The quantitative estimate of drug-likeness (QED) is 0.726. The minimum absolute atomic E-state index is 0.0754. The Hall–Kier alpha value is -2.82. The maximum atomic E-state index is 13.5. The van der Waals surface area contributed by atoms with E-state index in [1.807, 2.05) is 18.2 Å². The van der Waals surface area contributed by atoms with E-state index in [2.05, 4.69) is 5.32 Å². The summed E-state index contributed by atoms with van der Waals surface area (Å²) in [6.07, 6.45) is 1.79. The van der Waals surface area contributed by atoms with Crippen molar-refractivity contribution < 1.29 is 9.18 Å². The van der Waals surface area contributed by atoms with Crippen LogP contribution in [0.25, 0.3) is 10.9 Å². The highest BCUT2D eigenvalue weighted by molar-refractivity contribution is 5.94. The van der Waals surface area contributed by atoms with Crippen molar-refractivity contribution in [1.29, 1.82) is 0 Å². The zero-order valence-corrected chi connectivity index (χ0v) is 11.2. The van der Waals surface area contributed by atoms with Gasteiger partial charge in [0.2, 0.25) is 5.91 Å². The molecule has 3 N–H and O–H groups in total. The molecule has 0 atom stereocenters. The first kappa shape index (κ1) is 13.2. The van der Waals surface area contributed by atoms with E-state index in [1.165, 1.54) is 12.1 Å². The maximum absolute atomic E-state index is 13.5. The summed E-state index contributed by atoms with van der Waals surface area (Å²) < 4.78 is 15.3. The van der Waals surface area contributed by atoms with Gasteiger partial charge >= 0.3 is 0 Å². The third kappa shape index (κ3) is 2.58. The van der Waals surface area contributed by atoms with Crippen LogP contribution in [0.3, 0.4) is 0 Å². The summed E-state index contributed by atoms with van der Waals surface area (Å²) in [6.45, 7) is 0.0754. The molecule has 0 spiro atoms. The highest BCUT2D eigenvalue weighted by Gasteiger charge is 2.10. The van der Waals surface area contributed by atoms with Crippen molar-refractivity contribution in [2.24, 2.45) is 0 Å². The van der Waals surface area contributed by atoms with Gasteiger partial charge < -0.3 is 15.6 Å². The van der Waals surface area contributed by atoms with Crippen molar-refractivity contribution in [3.63, 3.8) is 0 Å². The second-order valence-corrected chi connectivity index (χ2v) is 4.76. The third-order valence-electron chi connectivity index (χ3n) is 3.28. The lowest BCUT2D eigenvalue weighted by molar-refractivity contribution is -0.116. The van der Waals surface area contributed by atoms with E-state index in [1.54, 1.807) is 29.0 Å². The molecule has 1 heterocycles. The Kier molecular flexibility index (Phi) is 3.31. The van der Waals surface area contributed by atoms with Gasteiger partial charge in [-0.2, -0.15) is 0 Å². The molecule has 106 valence electrons. The van der Waals surface area contributed by atoms with E-state index in [-0.39, 0.29) is 18.1 Å². The average Bonchev–Trinajstić information content (AvgIpc) is 2.86. The minimum atomic E-state index is -0.456. The molecule has 0 saturated carbocycles. The van der Waals surface area contributed by atoms with E-state index < -0.39 is 5.82 Å². The van der Waals surface area contributed by atoms with Crippen molar-refractivity contribution in [3.8, 4) is 0 Å². The SMILES string of the molecule is Nc1cccc2ccn(CC(=O)Nc3ccccc3F)c12. The fraction of sp³-hybridized carbons (Fsp3) is 0.0625. The van der Waals surface area contributed by atoms with Crippen LogP contribution in [-0.4, -0.2) is 10.5 Å². The van der Waals surface area contributed by atoms with E-state index >= 15 is 0 Å². The van der Waals surface area contributed by atoms with Gasteiger partial charge in [-0.1, -0.05) is 24.3 Å². The summed E-state index contributed by atoms with van der Waals surface area (Å²) in [7, 11) is 0. The number of benzene rings is 2. The Labute approximate surface area is 121 Å². The fourth-order valence-corrected chi connectivity index (χ4v) is 2.33. The van der Waals surface area contributed by atoms with Gasteiger partial charge in [0.1, 0.15) is 12.4 Å². The van der Waals surface area contributed by atoms with Crippen LogP contribution in [0.2, 0.25) is 0 Å². The Morgan fingerprint density at radius 1 is 1.14 bits per heavy atom. The third-order valence-corrected chi connectivity index (χ3v) is 3.28. The Bertz CT molecular complexity index is 810. The monoisotopic (exact) mass is 283 g/mol. The van der Waals surface area contributed by atoms with Crippen LogP contribution in [-0.2, 0) is 11.3 Å². The molecule has 3 rings (SSSR count). The topological polar surface area (TPSA) is 60.0 Å². The first-order valence-corrected chi connectivity index (χ1v) is 6.53. The van der Waals surface area contributed by atoms with E-state index in [4.69, 9.17) is 5.73 Å². The van der Waals surface area contributed by atoms with Gasteiger partial charge in [0.05, 0.1) is 16.9 Å². The largest absolute Gasteiger partial charge is 0.397 e. The number of halogens is 1. The highest BCUT2D eigenvalue weighted by atomic mass is 19.1. The first-order chi connectivity index (χ1) is 10.1. The number of nitrogens with zero attached hydrogens (tertiary/aromatic N) is 1. The number of para-hydroxylation sites is 2. The predicted octanol–water partition coefficient (Wildman–Crippen LogP) is 3.00. The molecule has 1 amide bonds. The fourth-order valence-electron chi connectivity index (χ4n) is 2.33. The van der Waals surface area contributed by atoms with Gasteiger partial charge in [0, 0.05) is 11.6 Å². The summed E-state index contributed by atoms with van der Waals surface area (Å²) in [6, 6.07) is 13.5. The van der Waals surface area contributed by atoms with E-state index in [9.17, 15) is 9.18 Å². The molecule has 1 aromatic heterocycles. The predicted molar refractivity (Wildman–Crippen MR) is 81.4 cm³/mol. The van der Waals surface area contributed by atoms with Crippen molar-refractivity contribution >= 4 is 28.2 Å². The molecule has 0 aliphatic heterocycles. The molecular formula is C16H14FN3O. The highest BCUT2D eigenvalue weighted by Crippen LogP contribution is 2.22.